The number of piperidine rings is 1. The maximum absolute atomic E-state index is 11.5. The van der Waals surface area contributed by atoms with Crippen LogP contribution in [-0.2, 0) is 4.79 Å². The Labute approximate surface area is 91.4 Å². The molecule has 4 nitrogen and oxygen atoms in total. The molecule has 0 saturated carbocycles. The van der Waals surface area contributed by atoms with E-state index in [1.54, 1.807) is 13.8 Å². The summed E-state index contributed by atoms with van der Waals surface area (Å²) in [7, 11) is 0. The van der Waals surface area contributed by atoms with Crippen molar-refractivity contribution in [1.29, 1.82) is 0 Å². The van der Waals surface area contributed by atoms with Crippen LogP contribution in [0.1, 0.15) is 33.1 Å². The largest absolute Gasteiger partial charge is 0.389 e. The molecule has 0 aliphatic carbocycles. The average Bonchev–Trinajstić information content (AvgIpc) is 2.15. The third-order valence-electron chi connectivity index (χ3n) is 2.65. The minimum absolute atomic E-state index is 0.0593. The molecule has 1 saturated heterocycles. The first-order valence-corrected chi connectivity index (χ1v) is 5.67. The van der Waals surface area contributed by atoms with Crippen LogP contribution in [0.3, 0.4) is 0 Å². The van der Waals surface area contributed by atoms with Gasteiger partial charge in [-0.2, -0.15) is 0 Å². The molecule has 88 valence electrons. The molecule has 15 heavy (non-hydrogen) atoms. The number of aliphatic hydroxyl groups is 1. The van der Waals surface area contributed by atoms with Crippen molar-refractivity contribution in [2.24, 2.45) is 5.92 Å². The second-order valence-electron chi connectivity index (χ2n) is 4.99. The number of nitrogens with one attached hydrogen (secondary N) is 2. The summed E-state index contributed by atoms with van der Waals surface area (Å²) in [5.41, 5.74) is -0.816. The van der Waals surface area contributed by atoms with Crippen molar-refractivity contribution in [1.82, 2.24) is 10.6 Å². The van der Waals surface area contributed by atoms with E-state index in [0.29, 0.717) is 18.9 Å². The summed E-state index contributed by atoms with van der Waals surface area (Å²) in [5.74, 6) is 0.567. The fraction of sp³-hybridized carbons (Fsp3) is 0.909. The molecule has 4 heteroatoms. The summed E-state index contributed by atoms with van der Waals surface area (Å²) in [5, 5.41) is 15.5. The minimum Gasteiger partial charge on any atom is -0.389 e. The average molecular weight is 214 g/mol. The highest BCUT2D eigenvalue weighted by Gasteiger charge is 2.18. The first-order chi connectivity index (χ1) is 6.97. The van der Waals surface area contributed by atoms with Crippen molar-refractivity contribution in [3.8, 4) is 0 Å². The lowest BCUT2D eigenvalue weighted by atomic mass is 9.94. The molecule has 1 rings (SSSR count). The van der Waals surface area contributed by atoms with E-state index in [2.05, 4.69) is 10.6 Å². The summed E-state index contributed by atoms with van der Waals surface area (Å²) in [6.45, 7) is 5.75. The van der Waals surface area contributed by atoms with Crippen molar-refractivity contribution < 1.29 is 9.90 Å². The number of amides is 1. The molecule has 1 heterocycles. The maximum Gasteiger partial charge on any atom is 0.220 e. The van der Waals surface area contributed by atoms with E-state index < -0.39 is 5.60 Å². The first kappa shape index (κ1) is 12.5. The number of carbonyl (C=O) groups is 1. The third kappa shape index (κ3) is 5.74. The number of hydrogen-bond donors (Lipinski definition) is 3. The smallest absolute Gasteiger partial charge is 0.220 e. The molecular formula is C11H22N2O2. The number of carbonyl (C=O) groups excluding carboxylic acids is 1. The number of rotatable bonds is 4. The van der Waals surface area contributed by atoms with Gasteiger partial charge in [0.05, 0.1) is 5.60 Å². The maximum atomic E-state index is 11.5. The molecule has 1 aliphatic rings. The zero-order valence-electron chi connectivity index (χ0n) is 9.68. The van der Waals surface area contributed by atoms with Crippen LogP contribution in [0.15, 0.2) is 0 Å². The zero-order chi connectivity index (χ0) is 11.3. The molecule has 0 spiro atoms. The van der Waals surface area contributed by atoms with Gasteiger partial charge in [0.1, 0.15) is 0 Å². The molecule has 0 unspecified atom stereocenters. The van der Waals surface area contributed by atoms with Gasteiger partial charge in [-0.1, -0.05) is 0 Å². The first-order valence-electron chi connectivity index (χ1n) is 5.67. The Morgan fingerprint density at radius 1 is 1.47 bits per heavy atom. The van der Waals surface area contributed by atoms with Crippen LogP contribution in [0.25, 0.3) is 0 Å². The van der Waals surface area contributed by atoms with Crippen LogP contribution >= 0.6 is 0 Å². The Morgan fingerprint density at radius 3 is 2.60 bits per heavy atom. The second kappa shape index (κ2) is 5.47. The van der Waals surface area contributed by atoms with E-state index in [0.717, 1.165) is 25.9 Å². The Kier molecular flexibility index (Phi) is 4.54. The van der Waals surface area contributed by atoms with Gasteiger partial charge in [0, 0.05) is 13.0 Å². The summed E-state index contributed by atoms with van der Waals surface area (Å²) in [6, 6.07) is 0. The third-order valence-corrected chi connectivity index (χ3v) is 2.65. The van der Waals surface area contributed by atoms with Gasteiger partial charge in [-0.25, -0.2) is 0 Å². The van der Waals surface area contributed by atoms with Crippen LogP contribution in [0.2, 0.25) is 0 Å². The fourth-order valence-corrected chi connectivity index (χ4v) is 1.74. The van der Waals surface area contributed by atoms with Gasteiger partial charge >= 0.3 is 0 Å². The summed E-state index contributed by atoms with van der Waals surface area (Å²) < 4.78 is 0. The highest BCUT2D eigenvalue weighted by molar-refractivity contribution is 5.76. The Bertz CT molecular complexity index is 205. The zero-order valence-corrected chi connectivity index (χ0v) is 9.68. The van der Waals surface area contributed by atoms with Crippen molar-refractivity contribution in [2.75, 3.05) is 19.6 Å². The summed E-state index contributed by atoms with van der Waals surface area (Å²) in [4.78, 5) is 11.5. The van der Waals surface area contributed by atoms with E-state index in [-0.39, 0.29) is 5.91 Å². The van der Waals surface area contributed by atoms with E-state index >= 15 is 0 Å². The van der Waals surface area contributed by atoms with Gasteiger partial charge in [0.15, 0.2) is 0 Å². The predicted octanol–water partition coefficient (Wildman–Crippen LogP) is 0.263. The second-order valence-corrected chi connectivity index (χ2v) is 4.99. The monoisotopic (exact) mass is 214 g/mol. The topological polar surface area (TPSA) is 61.4 Å². The molecular weight excluding hydrogens is 192 g/mol. The Morgan fingerprint density at radius 2 is 2.07 bits per heavy atom. The van der Waals surface area contributed by atoms with Gasteiger partial charge < -0.3 is 15.7 Å². The van der Waals surface area contributed by atoms with Crippen LogP contribution in [0.4, 0.5) is 0 Å². The van der Waals surface area contributed by atoms with E-state index in [1.807, 2.05) is 0 Å². The minimum atomic E-state index is -0.816. The quantitative estimate of drug-likeness (QED) is 0.629. The van der Waals surface area contributed by atoms with Crippen LogP contribution < -0.4 is 10.6 Å². The van der Waals surface area contributed by atoms with Crippen molar-refractivity contribution >= 4 is 5.91 Å². The molecule has 0 radical (unpaired) electrons. The lowest BCUT2D eigenvalue weighted by Crippen LogP contribution is -2.39. The lowest BCUT2D eigenvalue weighted by molar-refractivity contribution is -0.123. The molecule has 0 aromatic rings. The van der Waals surface area contributed by atoms with Crippen LogP contribution in [-0.4, -0.2) is 36.2 Å². The summed E-state index contributed by atoms with van der Waals surface area (Å²) in [6.07, 6.45) is 2.75. The highest BCUT2D eigenvalue weighted by Crippen LogP contribution is 2.15. The van der Waals surface area contributed by atoms with Gasteiger partial charge in [-0.15, -0.1) is 0 Å². The SMILES string of the molecule is CC(C)(O)CNC(=O)CC1CCNCC1. The molecule has 0 aromatic heterocycles. The van der Waals surface area contributed by atoms with Gasteiger partial charge in [-0.3, -0.25) is 4.79 Å². The molecule has 1 amide bonds. The van der Waals surface area contributed by atoms with Crippen molar-refractivity contribution in [3.63, 3.8) is 0 Å². The van der Waals surface area contributed by atoms with Gasteiger partial charge in [0.2, 0.25) is 5.91 Å². The van der Waals surface area contributed by atoms with Crippen LogP contribution in [0.5, 0.6) is 0 Å². The van der Waals surface area contributed by atoms with Gasteiger partial charge in [-0.05, 0) is 45.7 Å². The Balaban J connectivity index is 2.17. The Hall–Kier alpha value is -0.610. The standard InChI is InChI=1S/C11H22N2O2/c1-11(2,15)8-13-10(14)7-9-3-5-12-6-4-9/h9,12,15H,3-8H2,1-2H3,(H,13,14). The van der Waals surface area contributed by atoms with Crippen molar-refractivity contribution in [3.05, 3.63) is 0 Å². The van der Waals surface area contributed by atoms with Gasteiger partial charge in [0.25, 0.3) is 0 Å². The van der Waals surface area contributed by atoms with E-state index in [4.69, 9.17) is 0 Å². The predicted molar refractivity (Wildman–Crippen MR) is 59.5 cm³/mol. The molecule has 3 N–H and O–H groups in total. The van der Waals surface area contributed by atoms with E-state index in [9.17, 15) is 9.90 Å². The molecule has 1 aliphatic heterocycles. The highest BCUT2D eigenvalue weighted by atomic mass is 16.3. The van der Waals surface area contributed by atoms with Crippen molar-refractivity contribution in [2.45, 2.75) is 38.7 Å². The molecule has 1 fully saturated rings. The summed E-state index contributed by atoms with van der Waals surface area (Å²) >= 11 is 0. The molecule has 0 atom stereocenters. The lowest BCUT2D eigenvalue weighted by Gasteiger charge is -2.23. The molecule has 0 bridgehead atoms. The normalized spacial score (nSPS) is 18.9. The molecule has 0 aromatic carbocycles. The fourth-order valence-electron chi connectivity index (χ4n) is 1.74. The number of hydrogen-bond acceptors (Lipinski definition) is 3. The van der Waals surface area contributed by atoms with Crippen LogP contribution in [0, 0.1) is 5.92 Å². The van der Waals surface area contributed by atoms with E-state index in [1.165, 1.54) is 0 Å².